The summed E-state index contributed by atoms with van der Waals surface area (Å²) < 4.78 is 0. The van der Waals surface area contributed by atoms with Crippen LogP contribution in [0.4, 0.5) is 0 Å². The maximum atomic E-state index is 11.6. The van der Waals surface area contributed by atoms with E-state index in [0.717, 1.165) is 6.42 Å². The molecule has 0 spiro atoms. The number of hydrogen-bond acceptors (Lipinski definition) is 3. The largest absolute Gasteiger partial charge is 0.392 e. The maximum Gasteiger partial charge on any atom is 0.220 e. The first-order valence-corrected chi connectivity index (χ1v) is 6.79. The van der Waals surface area contributed by atoms with Gasteiger partial charge in [-0.05, 0) is 25.8 Å². The fourth-order valence-corrected chi connectivity index (χ4v) is 1.82. The van der Waals surface area contributed by atoms with E-state index in [2.05, 4.69) is 29.7 Å². The SMILES string of the molecule is Cc1cccc(CCC(=O)NCCNCC(C)O)c1. The molecular formula is C15H24N2O2. The van der Waals surface area contributed by atoms with Gasteiger partial charge < -0.3 is 15.7 Å². The van der Waals surface area contributed by atoms with Gasteiger partial charge in [0.1, 0.15) is 0 Å². The average molecular weight is 264 g/mol. The lowest BCUT2D eigenvalue weighted by molar-refractivity contribution is -0.121. The van der Waals surface area contributed by atoms with Gasteiger partial charge in [-0.25, -0.2) is 0 Å². The van der Waals surface area contributed by atoms with Crippen LogP contribution in [0.3, 0.4) is 0 Å². The number of hydrogen-bond donors (Lipinski definition) is 3. The number of aliphatic hydroxyl groups excluding tert-OH is 1. The topological polar surface area (TPSA) is 61.4 Å². The Bertz CT molecular complexity index is 391. The fourth-order valence-electron chi connectivity index (χ4n) is 1.82. The lowest BCUT2D eigenvalue weighted by atomic mass is 10.1. The van der Waals surface area contributed by atoms with Crippen molar-refractivity contribution >= 4 is 5.91 Å². The Hall–Kier alpha value is -1.39. The van der Waals surface area contributed by atoms with E-state index in [1.54, 1.807) is 6.92 Å². The Labute approximate surface area is 115 Å². The number of benzene rings is 1. The second-order valence-corrected chi connectivity index (χ2v) is 4.89. The molecule has 1 aromatic rings. The number of carbonyl (C=O) groups excluding carboxylic acids is 1. The molecular weight excluding hydrogens is 240 g/mol. The minimum Gasteiger partial charge on any atom is -0.392 e. The average Bonchev–Trinajstić information content (AvgIpc) is 2.35. The van der Waals surface area contributed by atoms with Gasteiger partial charge in [0.25, 0.3) is 0 Å². The number of aryl methyl sites for hydroxylation is 2. The van der Waals surface area contributed by atoms with E-state index in [-0.39, 0.29) is 12.0 Å². The van der Waals surface area contributed by atoms with Crippen LogP contribution in [0.15, 0.2) is 24.3 Å². The van der Waals surface area contributed by atoms with Crippen LogP contribution in [0.1, 0.15) is 24.5 Å². The van der Waals surface area contributed by atoms with Crippen molar-refractivity contribution in [2.75, 3.05) is 19.6 Å². The van der Waals surface area contributed by atoms with Gasteiger partial charge in [0.05, 0.1) is 6.10 Å². The molecule has 0 saturated carbocycles. The van der Waals surface area contributed by atoms with E-state index in [1.165, 1.54) is 11.1 Å². The summed E-state index contributed by atoms with van der Waals surface area (Å²) in [5.41, 5.74) is 2.42. The molecule has 4 heteroatoms. The van der Waals surface area contributed by atoms with Gasteiger partial charge in [0, 0.05) is 26.1 Å². The summed E-state index contributed by atoms with van der Waals surface area (Å²) in [5.74, 6) is 0.0698. The predicted molar refractivity (Wildman–Crippen MR) is 77.1 cm³/mol. The van der Waals surface area contributed by atoms with Crippen molar-refractivity contribution in [3.8, 4) is 0 Å². The third kappa shape index (κ3) is 7.59. The Balaban J connectivity index is 2.11. The molecule has 0 bridgehead atoms. The zero-order valence-electron chi connectivity index (χ0n) is 11.8. The van der Waals surface area contributed by atoms with Crippen LogP contribution in [0, 0.1) is 6.92 Å². The number of amides is 1. The van der Waals surface area contributed by atoms with Crippen LogP contribution in [-0.2, 0) is 11.2 Å². The van der Waals surface area contributed by atoms with E-state index in [1.807, 2.05) is 12.1 Å². The molecule has 0 fully saturated rings. The molecule has 1 unspecified atom stereocenters. The molecule has 0 saturated heterocycles. The van der Waals surface area contributed by atoms with Crippen LogP contribution in [0.25, 0.3) is 0 Å². The molecule has 0 heterocycles. The third-order valence-electron chi connectivity index (χ3n) is 2.79. The highest BCUT2D eigenvalue weighted by Gasteiger charge is 2.02. The van der Waals surface area contributed by atoms with Gasteiger partial charge in [-0.3, -0.25) is 4.79 Å². The zero-order chi connectivity index (χ0) is 14.1. The summed E-state index contributed by atoms with van der Waals surface area (Å²) in [4.78, 5) is 11.6. The summed E-state index contributed by atoms with van der Waals surface area (Å²) in [6.07, 6.45) is 0.936. The van der Waals surface area contributed by atoms with Gasteiger partial charge in [-0.15, -0.1) is 0 Å². The molecule has 0 aliphatic carbocycles. The quantitative estimate of drug-likeness (QED) is 0.614. The molecule has 3 N–H and O–H groups in total. The number of rotatable bonds is 8. The van der Waals surface area contributed by atoms with E-state index in [4.69, 9.17) is 5.11 Å². The van der Waals surface area contributed by atoms with Crippen LogP contribution in [-0.4, -0.2) is 36.8 Å². The van der Waals surface area contributed by atoms with E-state index >= 15 is 0 Å². The Morgan fingerprint density at radius 3 is 2.84 bits per heavy atom. The van der Waals surface area contributed by atoms with E-state index in [0.29, 0.717) is 26.1 Å². The van der Waals surface area contributed by atoms with Crippen molar-refractivity contribution in [1.82, 2.24) is 10.6 Å². The number of aliphatic hydroxyl groups is 1. The molecule has 0 aliphatic rings. The molecule has 1 atom stereocenters. The van der Waals surface area contributed by atoms with Gasteiger partial charge in [0.15, 0.2) is 0 Å². The monoisotopic (exact) mass is 264 g/mol. The summed E-state index contributed by atoms with van der Waals surface area (Å²) >= 11 is 0. The smallest absolute Gasteiger partial charge is 0.220 e. The van der Waals surface area contributed by atoms with Crippen molar-refractivity contribution in [3.05, 3.63) is 35.4 Å². The molecule has 19 heavy (non-hydrogen) atoms. The Morgan fingerprint density at radius 2 is 2.16 bits per heavy atom. The second-order valence-electron chi connectivity index (χ2n) is 4.89. The van der Waals surface area contributed by atoms with Crippen molar-refractivity contribution in [1.29, 1.82) is 0 Å². The predicted octanol–water partition coefficient (Wildman–Crippen LogP) is 1.01. The standard InChI is InChI=1S/C15H24N2O2/c1-12-4-3-5-14(10-12)6-7-15(19)17-9-8-16-11-13(2)18/h3-5,10,13,16,18H,6-9,11H2,1-2H3,(H,17,19). The van der Waals surface area contributed by atoms with Gasteiger partial charge in [-0.2, -0.15) is 0 Å². The Morgan fingerprint density at radius 1 is 1.37 bits per heavy atom. The minimum atomic E-state index is -0.350. The van der Waals surface area contributed by atoms with Gasteiger partial charge in [-0.1, -0.05) is 29.8 Å². The molecule has 1 aromatic carbocycles. The first kappa shape index (κ1) is 15.7. The van der Waals surface area contributed by atoms with Crippen LogP contribution in [0.2, 0.25) is 0 Å². The zero-order valence-corrected chi connectivity index (χ0v) is 11.8. The third-order valence-corrected chi connectivity index (χ3v) is 2.79. The lowest BCUT2D eigenvalue weighted by Crippen LogP contribution is -2.34. The summed E-state index contributed by atoms with van der Waals surface area (Å²) in [7, 11) is 0. The normalized spacial score (nSPS) is 12.2. The first-order chi connectivity index (χ1) is 9.08. The van der Waals surface area contributed by atoms with E-state index in [9.17, 15) is 4.79 Å². The van der Waals surface area contributed by atoms with E-state index < -0.39 is 0 Å². The molecule has 1 rings (SSSR count). The molecule has 0 aliphatic heterocycles. The van der Waals surface area contributed by atoms with Gasteiger partial charge >= 0.3 is 0 Å². The highest BCUT2D eigenvalue weighted by atomic mass is 16.3. The minimum absolute atomic E-state index is 0.0698. The van der Waals surface area contributed by atoms with Crippen molar-refractivity contribution in [2.45, 2.75) is 32.8 Å². The maximum absolute atomic E-state index is 11.6. The van der Waals surface area contributed by atoms with Crippen LogP contribution >= 0.6 is 0 Å². The molecule has 0 aromatic heterocycles. The molecule has 106 valence electrons. The summed E-state index contributed by atoms with van der Waals surface area (Å²) in [6, 6.07) is 8.22. The molecule has 4 nitrogen and oxygen atoms in total. The lowest BCUT2D eigenvalue weighted by Gasteiger charge is -2.08. The molecule has 0 radical (unpaired) electrons. The van der Waals surface area contributed by atoms with Crippen molar-refractivity contribution in [2.24, 2.45) is 0 Å². The molecule has 1 amide bonds. The summed E-state index contributed by atoms with van der Waals surface area (Å²) in [5, 5.41) is 15.0. The Kier molecular flexibility index (Phi) is 7.15. The second kappa shape index (κ2) is 8.67. The summed E-state index contributed by atoms with van der Waals surface area (Å²) in [6.45, 7) is 5.62. The van der Waals surface area contributed by atoms with Crippen molar-refractivity contribution < 1.29 is 9.90 Å². The van der Waals surface area contributed by atoms with Crippen LogP contribution in [0.5, 0.6) is 0 Å². The number of carbonyl (C=O) groups is 1. The van der Waals surface area contributed by atoms with Crippen LogP contribution < -0.4 is 10.6 Å². The van der Waals surface area contributed by atoms with Gasteiger partial charge in [0.2, 0.25) is 5.91 Å². The van der Waals surface area contributed by atoms with Crippen molar-refractivity contribution in [3.63, 3.8) is 0 Å². The first-order valence-electron chi connectivity index (χ1n) is 6.79. The highest BCUT2D eigenvalue weighted by Crippen LogP contribution is 2.06. The number of nitrogens with one attached hydrogen (secondary N) is 2. The fraction of sp³-hybridized carbons (Fsp3) is 0.533. The highest BCUT2D eigenvalue weighted by molar-refractivity contribution is 5.76.